The fourth-order valence-electron chi connectivity index (χ4n) is 0.657. The molecule has 0 saturated heterocycles. The van der Waals surface area contributed by atoms with Crippen molar-refractivity contribution in [2.24, 2.45) is 5.73 Å². The van der Waals surface area contributed by atoms with Gasteiger partial charge in [0.15, 0.2) is 0 Å². The lowest BCUT2D eigenvalue weighted by atomic mass is 10.2. The highest BCUT2D eigenvalue weighted by Gasteiger charge is 2.21. The molecule has 6 heteroatoms. The Morgan fingerprint density at radius 3 is 2.29 bits per heavy atom. The van der Waals surface area contributed by atoms with Gasteiger partial charge in [0.2, 0.25) is 5.91 Å². The molecule has 0 aromatic heterocycles. The van der Waals surface area contributed by atoms with Crippen molar-refractivity contribution in [3.8, 4) is 0 Å². The molecule has 0 aromatic carbocycles. The Morgan fingerprint density at radius 2 is 2.00 bits per heavy atom. The number of alkyl carbamates (subject to hydrolysis) is 1. The predicted octanol–water partition coefficient (Wildman–Crippen LogP) is 0.295. The Bertz CT molecular complexity index is 225. The van der Waals surface area contributed by atoms with Crippen LogP contribution in [-0.4, -0.2) is 29.4 Å². The van der Waals surface area contributed by atoms with Crippen molar-refractivity contribution in [3.05, 3.63) is 0 Å². The number of rotatable bonds is 3. The number of amides is 2. The largest absolute Gasteiger partial charge is 0.444 e. The van der Waals surface area contributed by atoms with Gasteiger partial charge in [-0.15, -0.1) is 0 Å². The summed E-state index contributed by atoms with van der Waals surface area (Å²) in [6.45, 7) is 5.19. The number of nitrogens with one attached hydrogen (secondary N) is 1. The smallest absolute Gasteiger partial charge is 0.408 e. The van der Waals surface area contributed by atoms with Gasteiger partial charge in [-0.25, -0.2) is 4.79 Å². The van der Waals surface area contributed by atoms with Gasteiger partial charge < -0.3 is 15.8 Å². The Morgan fingerprint density at radius 1 is 1.50 bits per heavy atom. The molecule has 0 aromatic rings. The number of ether oxygens (including phenoxy) is 1. The summed E-state index contributed by atoms with van der Waals surface area (Å²) in [6, 6.07) is -0.798. The summed E-state index contributed by atoms with van der Waals surface area (Å²) in [4.78, 5) is 21.9. The maximum atomic E-state index is 11.2. The molecule has 1 atom stereocenters. The van der Waals surface area contributed by atoms with Crippen molar-refractivity contribution >= 4 is 24.6 Å². The van der Waals surface area contributed by atoms with Crippen LogP contribution in [-0.2, 0) is 9.53 Å². The minimum absolute atomic E-state index is 0.147. The highest BCUT2D eigenvalue weighted by Crippen LogP contribution is 2.06. The molecule has 0 spiro atoms. The maximum absolute atomic E-state index is 11.2. The third-order valence-corrected chi connectivity index (χ3v) is 1.58. The van der Waals surface area contributed by atoms with Gasteiger partial charge in [-0.1, -0.05) is 0 Å². The number of thiol groups is 1. The normalized spacial score (nSPS) is 13.1. The second-order valence-electron chi connectivity index (χ2n) is 3.78. The molecule has 0 rings (SSSR count). The van der Waals surface area contributed by atoms with Gasteiger partial charge in [-0.05, 0) is 20.8 Å². The third-order valence-electron chi connectivity index (χ3n) is 1.22. The van der Waals surface area contributed by atoms with Crippen LogP contribution in [0.3, 0.4) is 0 Å². The van der Waals surface area contributed by atoms with Gasteiger partial charge >= 0.3 is 6.09 Å². The first-order chi connectivity index (χ1) is 6.26. The lowest BCUT2D eigenvalue weighted by Crippen LogP contribution is -2.47. The van der Waals surface area contributed by atoms with Gasteiger partial charge in [0.1, 0.15) is 11.6 Å². The average molecular weight is 220 g/mol. The molecule has 0 aliphatic heterocycles. The summed E-state index contributed by atoms with van der Waals surface area (Å²) in [5, 5.41) is 2.31. The van der Waals surface area contributed by atoms with Crippen molar-refractivity contribution in [2.75, 3.05) is 5.75 Å². The van der Waals surface area contributed by atoms with Gasteiger partial charge in [0.25, 0.3) is 0 Å². The molecule has 0 radical (unpaired) electrons. The topological polar surface area (TPSA) is 81.4 Å². The number of carbonyl (C=O) groups is 2. The van der Waals surface area contributed by atoms with Crippen LogP contribution in [0.25, 0.3) is 0 Å². The van der Waals surface area contributed by atoms with Gasteiger partial charge in [-0.2, -0.15) is 12.6 Å². The van der Waals surface area contributed by atoms with Crippen molar-refractivity contribution in [2.45, 2.75) is 32.4 Å². The van der Waals surface area contributed by atoms with E-state index < -0.39 is 23.6 Å². The minimum atomic E-state index is -0.798. The molecule has 0 unspecified atom stereocenters. The predicted molar refractivity (Wildman–Crippen MR) is 56.2 cm³/mol. The number of hydrogen-bond acceptors (Lipinski definition) is 4. The monoisotopic (exact) mass is 220 g/mol. The maximum Gasteiger partial charge on any atom is 0.408 e. The molecule has 0 fully saturated rings. The Hall–Kier alpha value is -0.910. The summed E-state index contributed by atoms with van der Waals surface area (Å²) < 4.78 is 4.93. The Kier molecular flexibility index (Phi) is 4.76. The number of nitrogens with two attached hydrogens (primary N) is 1. The van der Waals surface area contributed by atoms with Gasteiger partial charge in [0.05, 0.1) is 0 Å². The van der Waals surface area contributed by atoms with E-state index in [9.17, 15) is 9.59 Å². The molecule has 82 valence electrons. The van der Waals surface area contributed by atoms with E-state index in [1.54, 1.807) is 20.8 Å². The molecule has 3 N–H and O–H groups in total. The van der Waals surface area contributed by atoms with Crippen LogP contribution < -0.4 is 11.1 Å². The minimum Gasteiger partial charge on any atom is -0.444 e. The summed E-state index contributed by atoms with van der Waals surface area (Å²) >= 11 is 3.87. The van der Waals surface area contributed by atoms with Gasteiger partial charge in [-0.3, -0.25) is 4.79 Å². The molecule has 14 heavy (non-hydrogen) atoms. The summed E-state index contributed by atoms with van der Waals surface area (Å²) in [6.07, 6.45) is -0.671. The van der Waals surface area contributed by atoms with Crippen LogP contribution in [0, 0.1) is 0 Å². The molecular formula is C8H16N2O3S. The zero-order valence-electron chi connectivity index (χ0n) is 8.53. The number of primary amides is 1. The van der Waals surface area contributed by atoms with Crippen molar-refractivity contribution in [3.63, 3.8) is 0 Å². The van der Waals surface area contributed by atoms with Crippen molar-refractivity contribution in [1.82, 2.24) is 5.32 Å². The first kappa shape index (κ1) is 13.1. The SMILES string of the molecule is CC(C)(C)OC(=O)N[C@H](CS)C(N)=O. The Labute approximate surface area is 88.8 Å². The Balaban J connectivity index is 4.11. The van der Waals surface area contributed by atoms with Crippen LogP contribution >= 0.6 is 12.6 Å². The first-order valence-electron chi connectivity index (χ1n) is 4.16. The molecule has 5 nitrogen and oxygen atoms in total. The van der Waals surface area contributed by atoms with E-state index in [0.717, 1.165) is 0 Å². The highest BCUT2D eigenvalue weighted by molar-refractivity contribution is 7.80. The molecule has 0 bridgehead atoms. The second kappa shape index (κ2) is 5.09. The van der Waals surface area contributed by atoms with Crippen LogP contribution in [0.15, 0.2) is 0 Å². The van der Waals surface area contributed by atoms with Crippen LogP contribution in [0.4, 0.5) is 4.79 Å². The van der Waals surface area contributed by atoms with Crippen LogP contribution in [0.5, 0.6) is 0 Å². The summed E-state index contributed by atoms with van der Waals surface area (Å²) in [5.41, 5.74) is 4.41. The zero-order valence-corrected chi connectivity index (χ0v) is 9.43. The lowest BCUT2D eigenvalue weighted by molar-refractivity contribution is -0.119. The standard InChI is InChI=1S/C8H16N2O3S/c1-8(2,3)13-7(12)10-5(4-14)6(9)11/h5,14H,4H2,1-3H3,(H2,9,11)(H,10,12)/t5-/m1/s1. The molecule has 2 amide bonds. The van der Waals surface area contributed by atoms with E-state index in [1.165, 1.54) is 0 Å². The lowest BCUT2D eigenvalue weighted by Gasteiger charge is -2.21. The first-order valence-corrected chi connectivity index (χ1v) is 4.79. The fourth-order valence-corrected chi connectivity index (χ4v) is 0.928. The van der Waals surface area contributed by atoms with E-state index in [0.29, 0.717) is 0 Å². The fraction of sp³-hybridized carbons (Fsp3) is 0.750. The van der Waals surface area contributed by atoms with E-state index in [-0.39, 0.29) is 5.75 Å². The van der Waals surface area contributed by atoms with E-state index in [2.05, 4.69) is 17.9 Å². The molecule has 0 aliphatic carbocycles. The van der Waals surface area contributed by atoms with E-state index in [4.69, 9.17) is 10.5 Å². The average Bonchev–Trinajstić information content (AvgIpc) is 1.96. The van der Waals surface area contributed by atoms with Crippen molar-refractivity contribution < 1.29 is 14.3 Å². The molecule has 0 saturated carbocycles. The number of hydrogen-bond donors (Lipinski definition) is 3. The zero-order chi connectivity index (χ0) is 11.4. The molecular weight excluding hydrogens is 204 g/mol. The van der Waals surface area contributed by atoms with Crippen LogP contribution in [0.2, 0.25) is 0 Å². The third kappa shape index (κ3) is 5.69. The molecule has 0 heterocycles. The highest BCUT2D eigenvalue weighted by atomic mass is 32.1. The van der Waals surface area contributed by atoms with E-state index >= 15 is 0 Å². The summed E-state index contributed by atoms with van der Waals surface area (Å²) in [7, 11) is 0. The van der Waals surface area contributed by atoms with Crippen molar-refractivity contribution in [1.29, 1.82) is 0 Å². The number of carbonyl (C=O) groups excluding carboxylic acids is 2. The van der Waals surface area contributed by atoms with Crippen LogP contribution in [0.1, 0.15) is 20.8 Å². The quantitative estimate of drug-likeness (QED) is 0.598. The molecule has 0 aliphatic rings. The second-order valence-corrected chi connectivity index (χ2v) is 4.15. The van der Waals surface area contributed by atoms with Gasteiger partial charge in [0, 0.05) is 5.75 Å². The summed E-state index contributed by atoms with van der Waals surface area (Å²) in [5.74, 6) is -0.486. The van der Waals surface area contributed by atoms with E-state index in [1.807, 2.05) is 0 Å².